The molecule has 0 aliphatic rings. The van der Waals surface area contributed by atoms with E-state index < -0.39 is 0 Å². The molecule has 19 heavy (non-hydrogen) atoms. The predicted octanol–water partition coefficient (Wildman–Crippen LogP) is 2.38. The van der Waals surface area contributed by atoms with Crippen molar-refractivity contribution in [3.8, 4) is 23.4 Å². The van der Waals surface area contributed by atoms with Crippen LogP contribution >= 0.6 is 11.6 Å². The van der Waals surface area contributed by atoms with E-state index in [1.807, 2.05) is 6.07 Å². The van der Waals surface area contributed by atoms with E-state index in [4.69, 9.17) is 32.1 Å². The average Bonchev–Trinajstić information content (AvgIpc) is 2.43. The van der Waals surface area contributed by atoms with Gasteiger partial charge < -0.3 is 15.2 Å². The Morgan fingerprint density at radius 1 is 1.26 bits per heavy atom. The highest BCUT2D eigenvalue weighted by molar-refractivity contribution is 6.34. The van der Waals surface area contributed by atoms with Gasteiger partial charge in [0.15, 0.2) is 0 Å². The van der Waals surface area contributed by atoms with E-state index in [0.29, 0.717) is 17.1 Å². The van der Waals surface area contributed by atoms with E-state index in [9.17, 15) is 0 Å². The van der Waals surface area contributed by atoms with Gasteiger partial charge in [-0.25, -0.2) is 4.98 Å². The fourth-order valence-corrected chi connectivity index (χ4v) is 1.50. The fourth-order valence-electron chi connectivity index (χ4n) is 1.36. The first-order chi connectivity index (χ1) is 9.13. The highest BCUT2D eigenvalue weighted by Crippen LogP contribution is 2.32. The summed E-state index contributed by atoms with van der Waals surface area (Å²) in [5.74, 6) is 1.10. The van der Waals surface area contributed by atoms with Crippen molar-refractivity contribution in [1.29, 1.82) is 5.26 Å². The van der Waals surface area contributed by atoms with Crippen LogP contribution in [0.4, 0.5) is 5.82 Å². The van der Waals surface area contributed by atoms with E-state index >= 15 is 0 Å². The number of nitrogen functional groups attached to an aromatic ring is 1. The molecule has 0 fully saturated rings. The molecule has 1 aromatic heterocycles. The Kier molecular flexibility index (Phi) is 3.68. The summed E-state index contributed by atoms with van der Waals surface area (Å²) in [4.78, 5) is 7.60. The zero-order valence-corrected chi connectivity index (χ0v) is 10.7. The summed E-state index contributed by atoms with van der Waals surface area (Å²) < 4.78 is 10.5. The van der Waals surface area contributed by atoms with Crippen molar-refractivity contribution >= 4 is 17.4 Å². The van der Waals surface area contributed by atoms with Crippen molar-refractivity contribution < 1.29 is 9.47 Å². The molecule has 7 heteroatoms. The molecule has 0 saturated heterocycles. The zero-order valence-electron chi connectivity index (χ0n) is 9.92. The number of nitrogens with zero attached hydrogens (tertiary/aromatic N) is 3. The largest absolute Gasteiger partial charge is 0.497 e. The molecule has 1 heterocycles. The second kappa shape index (κ2) is 5.42. The Morgan fingerprint density at radius 2 is 2.00 bits per heavy atom. The minimum absolute atomic E-state index is 0.115. The maximum atomic E-state index is 8.91. The number of anilines is 1. The van der Waals surface area contributed by atoms with Crippen molar-refractivity contribution in [2.75, 3.05) is 12.8 Å². The van der Waals surface area contributed by atoms with E-state index in [1.54, 1.807) is 12.1 Å². The Bertz CT molecular complexity index is 655. The van der Waals surface area contributed by atoms with Crippen molar-refractivity contribution in [2.24, 2.45) is 0 Å². The maximum absolute atomic E-state index is 8.91. The second-order valence-electron chi connectivity index (χ2n) is 3.49. The summed E-state index contributed by atoms with van der Waals surface area (Å²) in [6, 6.07) is 6.73. The molecule has 96 valence electrons. The van der Waals surface area contributed by atoms with Crippen LogP contribution < -0.4 is 15.2 Å². The topological polar surface area (TPSA) is 94.0 Å². The number of nitrogens with two attached hydrogens (primary N) is 1. The van der Waals surface area contributed by atoms with Crippen molar-refractivity contribution in [3.63, 3.8) is 0 Å². The summed E-state index contributed by atoms with van der Waals surface area (Å²) in [7, 11) is 1.50. The van der Waals surface area contributed by atoms with Crippen molar-refractivity contribution in [3.05, 3.63) is 35.1 Å². The third kappa shape index (κ3) is 2.84. The van der Waals surface area contributed by atoms with E-state index in [0.717, 1.165) is 0 Å². The van der Waals surface area contributed by atoms with Crippen LogP contribution in [0, 0.1) is 11.3 Å². The number of nitriles is 1. The van der Waals surface area contributed by atoms with Gasteiger partial charge in [0.1, 0.15) is 28.7 Å². The van der Waals surface area contributed by atoms with Gasteiger partial charge in [-0.2, -0.15) is 10.2 Å². The van der Waals surface area contributed by atoms with E-state index in [2.05, 4.69) is 9.97 Å². The smallest absolute Gasteiger partial charge is 0.243 e. The molecule has 1 aromatic carbocycles. The molecule has 2 rings (SSSR count). The molecular weight excluding hydrogens is 268 g/mol. The van der Waals surface area contributed by atoms with Crippen molar-refractivity contribution in [2.45, 2.75) is 0 Å². The van der Waals surface area contributed by atoms with Gasteiger partial charge in [-0.3, -0.25) is 0 Å². The second-order valence-corrected chi connectivity index (χ2v) is 3.87. The van der Waals surface area contributed by atoms with Gasteiger partial charge in [0.25, 0.3) is 0 Å². The highest BCUT2D eigenvalue weighted by atomic mass is 35.5. The third-order valence-corrected chi connectivity index (χ3v) is 2.60. The zero-order chi connectivity index (χ0) is 13.8. The quantitative estimate of drug-likeness (QED) is 0.925. The molecule has 0 spiro atoms. The third-order valence-electron chi connectivity index (χ3n) is 2.24. The van der Waals surface area contributed by atoms with Crippen LogP contribution in [0.2, 0.25) is 5.02 Å². The molecule has 0 aliphatic carbocycles. The lowest BCUT2D eigenvalue weighted by Crippen LogP contribution is -1.97. The van der Waals surface area contributed by atoms with E-state index in [1.165, 1.54) is 19.5 Å². The number of aromatic nitrogens is 2. The lowest BCUT2D eigenvalue weighted by Gasteiger charge is -2.08. The lowest BCUT2D eigenvalue weighted by molar-refractivity contribution is 0.407. The van der Waals surface area contributed by atoms with Gasteiger partial charge in [0.05, 0.1) is 18.7 Å². The lowest BCUT2D eigenvalue weighted by atomic mass is 10.2. The minimum atomic E-state index is 0.115. The molecule has 0 aliphatic heterocycles. The Morgan fingerprint density at radius 3 is 2.68 bits per heavy atom. The van der Waals surface area contributed by atoms with Gasteiger partial charge >= 0.3 is 0 Å². The van der Waals surface area contributed by atoms with Crippen LogP contribution in [0.25, 0.3) is 0 Å². The molecule has 0 saturated carbocycles. The Labute approximate surface area is 114 Å². The van der Waals surface area contributed by atoms with Crippen LogP contribution in [0.1, 0.15) is 5.56 Å². The van der Waals surface area contributed by atoms with Crippen LogP contribution in [0.15, 0.2) is 24.5 Å². The number of ether oxygens (including phenoxy) is 2. The number of rotatable bonds is 3. The predicted molar refractivity (Wildman–Crippen MR) is 69.2 cm³/mol. The maximum Gasteiger partial charge on any atom is 0.243 e. The number of benzene rings is 1. The van der Waals surface area contributed by atoms with Gasteiger partial charge in [-0.05, 0) is 12.1 Å². The summed E-state index contributed by atoms with van der Waals surface area (Å²) >= 11 is 5.92. The van der Waals surface area contributed by atoms with Gasteiger partial charge in [0, 0.05) is 6.07 Å². The normalized spacial score (nSPS) is 9.74. The molecule has 0 bridgehead atoms. The van der Waals surface area contributed by atoms with Gasteiger partial charge in [-0.1, -0.05) is 11.6 Å². The van der Waals surface area contributed by atoms with Crippen LogP contribution in [0.5, 0.6) is 17.4 Å². The molecule has 2 N–H and O–H groups in total. The summed E-state index contributed by atoms with van der Waals surface area (Å²) in [5.41, 5.74) is 5.94. The van der Waals surface area contributed by atoms with E-state index in [-0.39, 0.29) is 16.7 Å². The fraction of sp³-hybridized carbons (Fsp3) is 0.0833. The van der Waals surface area contributed by atoms with Crippen LogP contribution in [-0.4, -0.2) is 17.1 Å². The van der Waals surface area contributed by atoms with Crippen LogP contribution in [0.3, 0.4) is 0 Å². The monoisotopic (exact) mass is 276 g/mol. The minimum Gasteiger partial charge on any atom is -0.497 e. The van der Waals surface area contributed by atoms with Crippen LogP contribution in [-0.2, 0) is 0 Å². The summed E-state index contributed by atoms with van der Waals surface area (Å²) in [6.45, 7) is 0. The standard InChI is InChI=1S/C12H9ClN4O2/c1-18-8-2-7(5-14)3-9(4-8)19-12-10(13)11(15)16-6-17-12/h2-4,6H,1H3,(H2,15,16,17). The molecular formula is C12H9ClN4O2. The molecule has 0 radical (unpaired) electrons. The first-order valence-electron chi connectivity index (χ1n) is 5.17. The number of halogens is 1. The van der Waals surface area contributed by atoms with Gasteiger partial charge in [0.2, 0.25) is 5.88 Å². The highest BCUT2D eigenvalue weighted by Gasteiger charge is 2.10. The molecule has 0 unspecified atom stereocenters. The Hall–Kier alpha value is -2.52. The molecule has 0 atom stereocenters. The first kappa shape index (κ1) is 12.9. The number of hydrogen-bond donors (Lipinski definition) is 1. The van der Waals surface area contributed by atoms with Gasteiger partial charge in [-0.15, -0.1) is 0 Å². The average molecular weight is 277 g/mol. The Balaban J connectivity index is 2.38. The molecule has 0 amide bonds. The van der Waals surface area contributed by atoms with Crippen molar-refractivity contribution in [1.82, 2.24) is 9.97 Å². The number of hydrogen-bond acceptors (Lipinski definition) is 6. The first-order valence-corrected chi connectivity index (χ1v) is 5.55. The number of methoxy groups -OCH3 is 1. The SMILES string of the molecule is COc1cc(C#N)cc(Oc2ncnc(N)c2Cl)c1. The summed E-state index contributed by atoms with van der Waals surface area (Å²) in [5, 5.41) is 9.03. The molecule has 6 nitrogen and oxygen atoms in total. The summed E-state index contributed by atoms with van der Waals surface area (Å²) in [6.07, 6.45) is 1.24. The molecule has 2 aromatic rings.